The number of carbonyl (C=O) groups is 1. The van der Waals surface area contributed by atoms with Crippen molar-refractivity contribution in [3.63, 3.8) is 0 Å². The van der Waals surface area contributed by atoms with E-state index in [1.54, 1.807) is 24.3 Å². The summed E-state index contributed by atoms with van der Waals surface area (Å²) in [6.07, 6.45) is 0. The van der Waals surface area contributed by atoms with E-state index in [0.29, 0.717) is 10.6 Å². The van der Waals surface area contributed by atoms with Crippen LogP contribution in [0.5, 0.6) is 5.75 Å². The first-order valence-electron chi connectivity index (χ1n) is 6.05. The molecular weight excluding hydrogens is 260 g/mol. The second-order valence-electron chi connectivity index (χ2n) is 4.49. The molecular formula is C16H15ClO2. The summed E-state index contributed by atoms with van der Waals surface area (Å²) in [4.78, 5) is 11.9. The summed E-state index contributed by atoms with van der Waals surface area (Å²) in [6.45, 7) is 4.02. The van der Waals surface area contributed by atoms with Crippen LogP contribution in [0, 0.1) is 13.8 Å². The van der Waals surface area contributed by atoms with Gasteiger partial charge in [0.05, 0.1) is 0 Å². The van der Waals surface area contributed by atoms with Crippen molar-refractivity contribution in [1.82, 2.24) is 0 Å². The van der Waals surface area contributed by atoms with Gasteiger partial charge in [0.1, 0.15) is 5.75 Å². The number of halogens is 1. The van der Waals surface area contributed by atoms with Crippen molar-refractivity contribution < 1.29 is 9.53 Å². The van der Waals surface area contributed by atoms with Crippen molar-refractivity contribution >= 4 is 17.4 Å². The van der Waals surface area contributed by atoms with Crippen molar-refractivity contribution in [3.8, 4) is 5.75 Å². The minimum Gasteiger partial charge on any atom is -0.485 e. The zero-order valence-corrected chi connectivity index (χ0v) is 11.7. The monoisotopic (exact) mass is 274 g/mol. The van der Waals surface area contributed by atoms with Gasteiger partial charge in [-0.05, 0) is 49.7 Å². The first-order chi connectivity index (χ1) is 9.06. The lowest BCUT2D eigenvalue weighted by Gasteiger charge is -2.09. The molecule has 2 aromatic rings. The van der Waals surface area contributed by atoms with E-state index >= 15 is 0 Å². The minimum absolute atomic E-state index is 0.0333. The zero-order chi connectivity index (χ0) is 13.8. The van der Waals surface area contributed by atoms with E-state index in [-0.39, 0.29) is 12.4 Å². The third kappa shape index (κ3) is 3.58. The normalized spacial score (nSPS) is 10.3. The van der Waals surface area contributed by atoms with E-state index in [2.05, 4.69) is 0 Å². The van der Waals surface area contributed by atoms with Gasteiger partial charge in [0.15, 0.2) is 12.4 Å². The molecule has 0 aliphatic heterocycles. The van der Waals surface area contributed by atoms with E-state index in [1.165, 1.54) is 5.56 Å². The van der Waals surface area contributed by atoms with Gasteiger partial charge >= 0.3 is 0 Å². The van der Waals surface area contributed by atoms with Crippen LogP contribution in [0.25, 0.3) is 0 Å². The fraction of sp³-hybridized carbons (Fsp3) is 0.188. The molecule has 0 aromatic heterocycles. The molecule has 0 saturated carbocycles. The molecule has 0 aliphatic carbocycles. The van der Waals surface area contributed by atoms with E-state index < -0.39 is 0 Å². The highest BCUT2D eigenvalue weighted by molar-refractivity contribution is 6.30. The molecule has 2 rings (SSSR count). The molecule has 0 saturated heterocycles. The Morgan fingerprint density at radius 2 is 1.79 bits per heavy atom. The van der Waals surface area contributed by atoms with E-state index in [0.717, 1.165) is 11.3 Å². The number of Topliss-reactive ketones (excluding diaryl/α,β-unsaturated/α-hetero) is 1. The molecule has 0 amide bonds. The molecule has 0 aliphatic rings. The van der Waals surface area contributed by atoms with Crippen molar-refractivity contribution in [2.24, 2.45) is 0 Å². The summed E-state index contributed by atoms with van der Waals surface area (Å²) in [5.41, 5.74) is 2.81. The highest BCUT2D eigenvalue weighted by Crippen LogP contribution is 2.19. The van der Waals surface area contributed by atoms with Gasteiger partial charge in [0, 0.05) is 10.6 Å². The Labute approximate surface area is 118 Å². The summed E-state index contributed by atoms with van der Waals surface area (Å²) < 4.78 is 5.56. The number of ketones is 1. The zero-order valence-electron chi connectivity index (χ0n) is 10.9. The SMILES string of the molecule is Cc1ccc(OCC(=O)c2ccc(Cl)cc2)c(C)c1. The van der Waals surface area contributed by atoms with Gasteiger partial charge in [-0.3, -0.25) is 4.79 Å². The second-order valence-corrected chi connectivity index (χ2v) is 4.92. The Morgan fingerprint density at radius 3 is 2.42 bits per heavy atom. The van der Waals surface area contributed by atoms with Crippen LogP contribution < -0.4 is 4.74 Å². The Kier molecular flexibility index (Phi) is 4.23. The average molecular weight is 275 g/mol. The molecule has 0 atom stereocenters. The number of rotatable bonds is 4. The van der Waals surface area contributed by atoms with Crippen LogP contribution in [0.4, 0.5) is 0 Å². The van der Waals surface area contributed by atoms with Crippen LogP contribution in [0.2, 0.25) is 5.02 Å². The molecule has 2 nitrogen and oxygen atoms in total. The predicted molar refractivity (Wildman–Crippen MR) is 77.2 cm³/mol. The first-order valence-corrected chi connectivity index (χ1v) is 6.43. The van der Waals surface area contributed by atoms with Crippen LogP contribution >= 0.6 is 11.6 Å². The van der Waals surface area contributed by atoms with Gasteiger partial charge < -0.3 is 4.74 Å². The Bertz CT molecular complexity index is 588. The van der Waals surface area contributed by atoms with Gasteiger partial charge in [-0.2, -0.15) is 0 Å². The molecule has 0 fully saturated rings. The molecule has 19 heavy (non-hydrogen) atoms. The van der Waals surface area contributed by atoms with Gasteiger partial charge in [0.2, 0.25) is 0 Å². The smallest absolute Gasteiger partial charge is 0.200 e. The summed E-state index contributed by atoms with van der Waals surface area (Å²) >= 11 is 5.78. The number of benzene rings is 2. The Hall–Kier alpha value is -1.80. The second kappa shape index (κ2) is 5.89. The number of aryl methyl sites for hydroxylation is 2. The van der Waals surface area contributed by atoms with Crippen molar-refractivity contribution in [3.05, 3.63) is 64.2 Å². The summed E-state index contributed by atoms with van der Waals surface area (Å²) in [6, 6.07) is 12.7. The average Bonchev–Trinajstić information content (AvgIpc) is 2.38. The van der Waals surface area contributed by atoms with Crippen molar-refractivity contribution in [2.45, 2.75) is 13.8 Å². The number of ether oxygens (including phenoxy) is 1. The molecule has 2 aromatic carbocycles. The fourth-order valence-corrected chi connectivity index (χ4v) is 1.95. The van der Waals surface area contributed by atoms with Gasteiger partial charge in [-0.25, -0.2) is 0 Å². The maximum absolute atomic E-state index is 11.9. The van der Waals surface area contributed by atoms with E-state index in [4.69, 9.17) is 16.3 Å². The lowest BCUT2D eigenvalue weighted by Crippen LogP contribution is -2.12. The summed E-state index contributed by atoms with van der Waals surface area (Å²) in [5, 5.41) is 0.617. The minimum atomic E-state index is -0.0587. The molecule has 0 spiro atoms. The maximum Gasteiger partial charge on any atom is 0.200 e. The van der Waals surface area contributed by atoms with Crippen molar-refractivity contribution in [1.29, 1.82) is 0 Å². The molecule has 0 radical (unpaired) electrons. The van der Waals surface area contributed by atoms with Gasteiger partial charge in [-0.15, -0.1) is 0 Å². The third-order valence-electron chi connectivity index (χ3n) is 2.86. The van der Waals surface area contributed by atoms with Crippen molar-refractivity contribution in [2.75, 3.05) is 6.61 Å². The predicted octanol–water partition coefficient (Wildman–Crippen LogP) is 4.22. The van der Waals surface area contributed by atoms with Crippen LogP contribution in [0.15, 0.2) is 42.5 Å². The Balaban J connectivity index is 2.02. The number of hydrogen-bond donors (Lipinski definition) is 0. The van der Waals surface area contributed by atoms with Gasteiger partial charge in [0.25, 0.3) is 0 Å². The lowest BCUT2D eigenvalue weighted by atomic mass is 10.1. The topological polar surface area (TPSA) is 26.3 Å². The Morgan fingerprint density at radius 1 is 1.11 bits per heavy atom. The molecule has 0 heterocycles. The fourth-order valence-electron chi connectivity index (χ4n) is 1.82. The van der Waals surface area contributed by atoms with Crippen LogP contribution in [0.3, 0.4) is 0 Å². The lowest BCUT2D eigenvalue weighted by molar-refractivity contribution is 0.0921. The molecule has 0 bridgehead atoms. The molecule has 3 heteroatoms. The molecule has 98 valence electrons. The third-order valence-corrected chi connectivity index (χ3v) is 3.11. The van der Waals surface area contributed by atoms with Crippen LogP contribution in [-0.2, 0) is 0 Å². The van der Waals surface area contributed by atoms with Crippen LogP contribution in [0.1, 0.15) is 21.5 Å². The first kappa shape index (κ1) is 13.6. The van der Waals surface area contributed by atoms with Gasteiger partial charge in [-0.1, -0.05) is 29.3 Å². The highest BCUT2D eigenvalue weighted by atomic mass is 35.5. The highest BCUT2D eigenvalue weighted by Gasteiger charge is 2.08. The number of hydrogen-bond acceptors (Lipinski definition) is 2. The summed E-state index contributed by atoms with van der Waals surface area (Å²) in [5.74, 6) is 0.685. The molecule has 0 unspecified atom stereocenters. The van der Waals surface area contributed by atoms with E-state index in [1.807, 2.05) is 32.0 Å². The van der Waals surface area contributed by atoms with E-state index in [9.17, 15) is 4.79 Å². The molecule has 0 N–H and O–H groups in total. The maximum atomic E-state index is 11.9. The quantitative estimate of drug-likeness (QED) is 0.781. The standard InChI is InChI=1S/C16H15ClO2/c1-11-3-8-16(12(2)9-11)19-10-15(18)13-4-6-14(17)7-5-13/h3-9H,10H2,1-2H3. The van der Waals surface area contributed by atoms with Crippen LogP contribution in [-0.4, -0.2) is 12.4 Å². The number of carbonyl (C=O) groups excluding carboxylic acids is 1. The summed E-state index contributed by atoms with van der Waals surface area (Å²) in [7, 11) is 0. The largest absolute Gasteiger partial charge is 0.485 e.